The molecule has 0 saturated heterocycles. The number of hydrogen-bond donors (Lipinski definition) is 2. The number of carboxylic acid groups (broad SMARTS) is 1. The molecule has 1 saturated carbocycles. The Hall–Kier alpha value is -2.04. The SMILES string of the molecule is CCC(CC1CC1)n1c(=O)[nH]c2ccc(C(=O)O)cc21. The monoisotopic (exact) mass is 274 g/mol. The van der Waals surface area contributed by atoms with Crippen LogP contribution in [-0.2, 0) is 0 Å². The van der Waals surface area contributed by atoms with Gasteiger partial charge >= 0.3 is 11.7 Å². The van der Waals surface area contributed by atoms with Crippen molar-refractivity contribution in [2.75, 3.05) is 0 Å². The van der Waals surface area contributed by atoms with E-state index in [4.69, 9.17) is 5.11 Å². The normalized spacial score (nSPS) is 16.4. The Morgan fingerprint density at radius 1 is 1.50 bits per heavy atom. The Kier molecular flexibility index (Phi) is 3.12. The number of rotatable bonds is 5. The van der Waals surface area contributed by atoms with Crippen LogP contribution >= 0.6 is 0 Å². The first kappa shape index (κ1) is 13.0. The number of nitrogens with one attached hydrogen (secondary N) is 1. The minimum absolute atomic E-state index is 0.143. The number of carboxylic acids is 1. The number of hydrogen-bond acceptors (Lipinski definition) is 2. The third-order valence-electron chi connectivity index (χ3n) is 4.10. The fourth-order valence-electron chi connectivity index (χ4n) is 2.81. The molecule has 1 aliphatic carbocycles. The molecule has 3 rings (SSSR count). The molecule has 1 aromatic heterocycles. The summed E-state index contributed by atoms with van der Waals surface area (Å²) in [4.78, 5) is 26.1. The third kappa shape index (κ3) is 2.24. The van der Waals surface area contributed by atoms with Gasteiger partial charge in [0, 0.05) is 6.04 Å². The standard InChI is InChI=1S/C15H18N2O3/c1-2-11(7-9-3-4-9)17-13-8-10(14(18)19)5-6-12(13)16-15(17)20/h5-6,8-9,11H,2-4,7H2,1H3,(H,16,20)(H,18,19). The number of aromatic amines is 1. The summed E-state index contributed by atoms with van der Waals surface area (Å²) in [6.45, 7) is 2.07. The van der Waals surface area contributed by atoms with Gasteiger partial charge in [-0.3, -0.25) is 4.57 Å². The van der Waals surface area contributed by atoms with E-state index >= 15 is 0 Å². The van der Waals surface area contributed by atoms with Crippen LogP contribution in [0.3, 0.4) is 0 Å². The minimum atomic E-state index is -0.970. The maximum Gasteiger partial charge on any atom is 0.335 e. The van der Waals surface area contributed by atoms with Gasteiger partial charge in [-0.1, -0.05) is 19.8 Å². The van der Waals surface area contributed by atoms with Crippen molar-refractivity contribution < 1.29 is 9.90 Å². The first-order valence-electron chi connectivity index (χ1n) is 7.07. The summed E-state index contributed by atoms with van der Waals surface area (Å²) in [5, 5.41) is 9.10. The average Bonchev–Trinajstić information content (AvgIpc) is 3.17. The Morgan fingerprint density at radius 2 is 2.25 bits per heavy atom. The number of fused-ring (bicyclic) bond motifs is 1. The Labute approximate surface area is 116 Å². The van der Waals surface area contributed by atoms with E-state index < -0.39 is 5.97 Å². The predicted molar refractivity (Wildman–Crippen MR) is 76.2 cm³/mol. The van der Waals surface area contributed by atoms with Crippen LogP contribution in [0.2, 0.25) is 0 Å². The van der Waals surface area contributed by atoms with Crippen LogP contribution in [0.5, 0.6) is 0 Å². The number of aromatic carboxylic acids is 1. The van der Waals surface area contributed by atoms with E-state index in [-0.39, 0.29) is 17.3 Å². The summed E-state index contributed by atoms with van der Waals surface area (Å²) in [7, 11) is 0. The van der Waals surface area contributed by atoms with E-state index in [2.05, 4.69) is 11.9 Å². The molecule has 1 aromatic carbocycles. The Bertz CT molecular complexity index is 709. The molecule has 0 bridgehead atoms. The second-order valence-electron chi connectivity index (χ2n) is 5.58. The van der Waals surface area contributed by atoms with Crippen molar-refractivity contribution >= 4 is 17.0 Å². The first-order valence-corrected chi connectivity index (χ1v) is 7.07. The van der Waals surface area contributed by atoms with Gasteiger partial charge in [-0.25, -0.2) is 9.59 Å². The molecule has 0 spiro atoms. The molecule has 1 unspecified atom stereocenters. The Balaban J connectivity index is 2.11. The number of imidazole rings is 1. The highest BCUT2D eigenvalue weighted by Gasteiger charge is 2.27. The zero-order valence-electron chi connectivity index (χ0n) is 11.4. The summed E-state index contributed by atoms with van der Waals surface area (Å²) < 4.78 is 1.74. The van der Waals surface area contributed by atoms with Crippen LogP contribution < -0.4 is 5.69 Å². The van der Waals surface area contributed by atoms with E-state index in [1.54, 1.807) is 16.7 Å². The van der Waals surface area contributed by atoms with E-state index in [9.17, 15) is 9.59 Å². The van der Waals surface area contributed by atoms with Gasteiger partial charge in [0.05, 0.1) is 16.6 Å². The fourth-order valence-corrected chi connectivity index (χ4v) is 2.81. The molecule has 5 heteroatoms. The molecule has 0 radical (unpaired) electrons. The van der Waals surface area contributed by atoms with E-state index in [0.717, 1.165) is 18.8 Å². The third-order valence-corrected chi connectivity index (χ3v) is 4.10. The molecule has 5 nitrogen and oxygen atoms in total. The number of H-pyrrole nitrogens is 1. The van der Waals surface area contributed by atoms with Crippen LogP contribution in [0, 0.1) is 5.92 Å². The second-order valence-corrected chi connectivity index (χ2v) is 5.58. The van der Waals surface area contributed by atoms with Crippen molar-refractivity contribution in [1.82, 2.24) is 9.55 Å². The van der Waals surface area contributed by atoms with Gasteiger partial charge in [0.15, 0.2) is 0 Å². The van der Waals surface area contributed by atoms with Crippen molar-refractivity contribution in [3.05, 3.63) is 34.2 Å². The summed E-state index contributed by atoms with van der Waals surface area (Å²) >= 11 is 0. The molecule has 2 aromatic rings. The van der Waals surface area contributed by atoms with Gasteiger partial charge in [-0.2, -0.15) is 0 Å². The van der Waals surface area contributed by atoms with Crippen LogP contribution in [0.25, 0.3) is 11.0 Å². The Morgan fingerprint density at radius 3 is 2.85 bits per heavy atom. The minimum Gasteiger partial charge on any atom is -0.478 e. The van der Waals surface area contributed by atoms with Gasteiger partial charge in [0.1, 0.15) is 0 Å². The number of aromatic nitrogens is 2. The summed E-state index contributed by atoms with van der Waals surface area (Å²) in [5.41, 5.74) is 1.47. The van der Waals surface area contributed by atoms with Gasteiger partial charge in [-0.15, -0.1) is 0 Å². The molecule has 1 aliphatic rings. The molecule has 1 atom stereocenters. The van der Waals surface area contributed by atoms with Crippen LogP contribution in [-0.4, -0.2) is 20.6 Å². The summed E-state index contributed by atoms with van der Waals surface area (Å²) in [6, 6.07) is 4.92. The van der Waals surface area contributed by atoms with Crippen LogP contribution in [0.15, 0.2) is 23.0 Å². The van der Waals surface area contributed by atoms with E-state index in [1.165, 1.54) is 18.9 Å². The maximum absolute atomic E-state index is 12.2. The molecular formula is C15H18N2O3. The first-order chi connectivity index (χ1) is 9.60. The fraction of sp³-hybridized carbons (Fsp3) is 0.467. The molecule has 0 aliphatic heterocycles. The van der Waals surface area contributed by atoms with Crippen molar-refractivity contribution in [3.8, 4) is 0 Å². The highest BCUT2D eigenvalue weighted by Crippen LogP contribution is 2.38. The smallest absolute Gasteiger partial charge is 0.335 e. The molecule has 2 N–H and O–H groups in total. The number of nitrogens with zero attached hydrogens (tertiary/aromatic N) is 1. The van der Waals surface area contributed by atoms with Crippen LogP contribution in [0.1, 0.15) is 49.0 Å². The van der Waals surface area contributed by atoms with Gasteiger partial charge in [-0.05, 0) is 37.0 Å². The molecule has 1 fully saturated rings. The largest absolute Gasteiger partial charge is 0.478 e. The van der Waals surface area contributed by atoms with Crippen molar-refractivity contribution in [3.63, 3.8) is 0 Å². The highest BCUT2D eigenvalue weighted by atomic mass is 16.4. The van der Waals surface area contributed by atoms with Crippen LogP contribution in [0.4, 0.5) is 0 Å². The van der Waals surface area contributed by atoms with Gasteiger partial charge < -0.3 is 10.1 Å². The molecule has 1 heterocycles. The van der Waals surface area contributed by atoms with E-state index in [1.807, 2.05) is 0 Å². The summed E-state index contributed by atoms with van der Waals surface area (Å²) in [5.74, 6) is -0.248. The molecule has 20 heavy (non-hydrogen) atoms. The lowest BCUT2D eigenvalue weighted by Crippen LogP contribution is -2.22. The average molecular weight is 274 g/mol. The van der Waals surface area contributed by atoms with Crippen molar-refractivity contribution in [1.29, 1.82) is 0 Å². The molecule has 106 valence electrons. The second kappa shape index (κ2) is 4.81. The quantitative estimate of drug-likeness (QED) is 0.880. The topological polar surface area (TPSA) is 75.1 Å². The van der Waals surface area contributed by atoms with Gasteiger partial charge in [0.25, 0.3) is 0 Å². The maximum atomic E-state index is 12.2. The number of carbonyl (C=O) groups is 1. The number of benzene rings is 1. The predicted octanol–water partition coefficient (Wildman–Crippen LogP) is 2.78. The molecular weight excluding hydrogens is 256 g/mol. The van der Waals surface area contributed by atoms with E-state index in [0.29, 0.717) is 11.0 Å². The lowest BCUT2D eigenvalue weighted by molar-refractivity contribution is 0.0697. The summed E-state index contributed by atoms with van der Waals surface area (Å²) in [6.07, 6.45) is 4.36. The zero-order chi connectivity index (χ0) is 14.3. The van der Waals surface area contributed by atoms with Crippen molar-refractivity contribution in [2.24, 2.45) is 5.92 Å². The lowest BCUT2D eigenvalue weighted by atomic mass is 10.1. The molecule has 0 amide bonds. The lowest BCUT2D eigenvalue weighted by Gasteiger charge is -2.16. The van der Waals surface area contributed by atoms with Gasteiger partial charge in [0.2, 0.25) is 0 Å². The zero-order valence-corrected chi connectivity index (χ0v) is 11.4. The highest BCUT2D eigenvalue weighted by molar-refractivity contribution is 5.92. The van der Waals surface area contributed by atoms with Crippen molar-refractivity contribution in [2.45, 2.75) is 38.6 Å².